The molecule has 0 spiro atoms. The van der Waals surface area contributed by atoms with Crippen LogP contribution in [0.1, 0.15) is 0 Å². The molecule has 7 heteroatoms. The molecule has 1 fully saturated rings. The van der Waals surface area contributed by atoms with Gasteiger partial charge in [-0.15, -0.1) is 0 Å². The molecule has 0 aromatic carbocycles. The van der Waals surface area contributed by atoms with Crippen LogP contribution in [0.4, 0.5) is 0 Å². The fourth-order valence-corrected chi connectivity index (χ4v) is 2.65. The predicted octanol–water partition coefficient (Wildman–Crippen LogP) is -3.94. The van der Waals surface area contributed by atoms with Gasteiger partial charge in [0.15, 0.2) is 5.37 Å². The van der Waals surface area contributed by atoms with Crippen molar-refractivity contribution < 1.29 is 30.8 Å². The Morgan fingerprint density at radius 2 is 1.87 bits per heavy atom. The van der Waals surface area contributed by atoms with Crippen LogP contribution >= 0.6 is 11.8 Å². The normalized spacial score (nSPS) is 29.8. The lowest BCUT2D eigenvalue weighted by Gasteiger charge is -2.26. The van der Waals surface area contributed by atoms with E-state index in [1.807, 2.05) is 5.32 Å². The van der Waals surface area contributed by atoms with Crippen molar-refractivity contribution in [3.63, 3.8) is 0 Å². The van der Waals surface area contributed by atoms with E-state index in [2.05, 4.69) is 0 Å². The fraction of sp³-hybridized carbons (Fsp3) is 1.00. The molecule has 1 heterocycles. The maximum absolute atomic E-state index is 9.68. The summed E-state index contributed by atoms with van der Waals surface area (Å²) in [5, 5.41) is 47.9. The number of quaternary nitrogens is 1. The highest BCUT2D eigenvalue weighted by molar-refractivity contribution is 7.99. The molecule has 0 aromatic rings. The van der Waals surface area contributed by atoms with Crippen LogP contribution in [0.15, 0.2) is 0 Å². The molecule has 1 aliphatic rings. The third-order valence-electron chi connectivity index (χ3n) is 2.44. The van der Waals surface area contributed by atoms with Crippen LogP contribution in [0.3, 0.4) is 0 Å². The minimum Gasteiger partial charge on any atom is -0.394 e. The molecule has 0 bridgehead atoms. The van der Waals surface area contributed by atoms with Gasteiger partial charge in [0.25, 0.3) is 0 Å². The highest BCUT2D eigenvalue weighted by atomic mass is 32.2. The van der Waals surface area contributed by atoms with Gasteiger partial charge >= 0.3 is 0 Å². The van der Waals surface area contributed by atoms with Gasteiger partial charge < -0.3 is 30.8 Å². The fourth-order valence-electron chi connectivity index (χ4n) is 1.47. The van der Waals surface area contributed by atoms with Crippen LogP contribution in [0.2, 0.25) is 0 Å². The minimum atomic E-state index is -1.53. The van der Waals surface area contributed by atoms with E-state index < -0.39 is 31.0 Å². The standard InChI is InChI=1S/C8H17NO5S/c10-3-4(11)5(12)6(13)7(14)8-9-1-2-15-8/h4-14H,1-3H2/p+1. The minimum absolute atomic E-state index is 0.222. The highest BCUT2D eigenvalue weighted by Crippen LogP contribution is 2.16. The Morgan fingerprint density at radius 1 is 1.20 bits per heavy atom. The maximum Gasteiger partial charge on any atom is 0.162 e. The molecule has 6 nitrogen and oxygen atoms in total. The number of nitrogens with two attached hydrogens (primary N) is 1. The van der Waals surface area contributed by atoms with Crippen molar-refractivity contribution in [3.8, 4) is 0 Å². The zero-order valence-corrected chi connectivity index (χ0v) is 9.05. The van der Waals surface area contributed by atoms with Crippen molar-refractivity contribution in [2.75, 3.05) is 18.9 Å². The molecule has 0 aliphatic carbocycles. The van der Waals surface area contributed by atoms with E-state index in [0.717, 1.165) is 12.3 Å². The summed E-state index contributed by atoms with van der Waals surface area (Å²) in [7, 11) is 0. The second-order valence-electron chi connectivity index (χ2n) is 3.58. The van der Waals surface area contributed by atoms with Gasteiger partial charge in [-0.1, -0.05) is 11.8 Å². The lowest BCUT2D eigenvalue weighted by molar-refractivity contribution is -0.665. The largest absolute Gasteiger partial charge is 0.394 e. The lowest BCUT2D eigenvalue weighted by atomic mass is 10.0. The first-order valence-electron chi connectivity index (χ1n) is 4.86. The van der Waals surface area contributed by atoms with Crippen LogP contribution in [0, 0.1) is 0 Å². The van der Waals surface area contributed by atoms with Crippen LogP contribution in [-0.4, -0.2) is 74.2 Å². The van der Waals surface area contributed by atoms with Crippen molar-refractivity contribution in [1.82, 2.24) is 0 Å². The van der Waals surface area contributed by atoms with Gasteiger partial charge in [-0.2, -0.15) is 0 Å². The van der Waals surface area contributed by atoms with Gasteiger partial charge in [0, 0.05) is 5.75 Å². The summed E-state index contributed by atoms with van der Waals surface area (Å²) >= 11 is 1.49. The first kappa shape index (κ1) is 13.2. The van der Waals surface area contributed by atoms with Gasteiger partial charge in [-0.3, -0.25) is 0 Å². The quantitative estimate of drug-likeness (QED) is 0.292. The van der Waals surface area contributed by atoms with E-state index in [-0.39, 0.29) is 5.37 Å². The predicted molar refractivity (Wildman–Crippen MR) is 54.2 cm³/mol. The number of hydrogen-bond donors (Lipinski definition) is 6. The molecule has 0 amide bonds. The smallest absolute Gasteiger partial charge is 0.162 e. The summed E-state index contributed by atoms with van der Waals surface area (Å²) in [6.07, 6.45) is -5.52. The Morgan fingerprint density at radius 3 is 2.33 bits per heavy atom. The summed E-state index contributed by atoms with van der Waals surface area (Å²) in [5.74, 6) is 0.882. The second kappa shape index (κ2) is 6.00. The van der Waals surface area contributed by atoms with Crippen molar-refractivity contribution >= 4 is 11.8 Å². The Labute approximate surface area is 91.9 Å². The average Bonchev–Trinajstić information content (AvgIpc) is 2.78. The first-order chi connectivity index (χ1) is 7.07. The third kappa shape index (κ3) is 3.28. The zero-order valence-electron chi connectivity index (χ0n) is 8.23. The average molecular weight is 240 g/mol. The summed E-state index contributed by atoms with van der Waals surface area (Å²) in [6.45, 7) is 0.213. The summed E-state index contributed by atoms with van der Waals surface area (Å²) < 4.78 is 0. The van der Waals surface area contributed by atoms with E-state index in [0.29, 0.717) is 0 Å². The van der Waals surface area contributed by atoms with Crippen molar-refractivity contribution in [2.45, 2.75) is 29.8 Å². The molecular formula is C8H18NO5S+. The van der Waals surface area contributed by atoms with Crippen LogP contribution in [0.5, 0.6) is 0 Å². The lowest BCUT2D eigenvalue weighted by Crippen LogP contribution is -2.89. The van der Waals surface area contributed by atoms with E-state index >= 15 is 0 Å². The van der Waals surface area contributed by atoms with E-state index in [4.69, 9.17) is 10.2 Å². The summed E-state index contributed by atoms with van der Waals surface area (Å²) in [5.41, 5.74) is 0. The molecule has 7 N–H and O–H groups in total. The van der Waals surface area contributed by atoms with Gasteiger partial charge in [-0.05, 0) is 0 Å². The van der Waals surface area contributed by atoms with E-state index in [1.165, 1.54) is 11.8 Å². The van der Waals surface area contributed by atoms with E-state index in [9.17, 15) is 15.3 Å². The topological polar surface area (TPSA) is 118 Å². The van der Waals surface area contributed by atoms with Gasteiger partial charge in [-0.25, -0.2) is 0 Å². The molecule has 1 rings (SSSR count). The molecule has 90 valence electrons. The second-order valence-corrected chi connectivity index (χ2v) is 4.87. The maximum atomic E-state index is 9.68. The van der Waals surface area contributed by atoms with Gasteiger partial charge in [0.1, 0.15) is 24.4 Å². The van der Waals surface area contributed by atoms with Crippen molar-refractivity contribution in [3.05, 3.63) is 0 Å². The van der Waals surface area contributed by atoms with Gasteiger partial charge in [0.2, 0.25) is 0 Å². The summed E-state index contributed by atoms with van der Waals surface area (Å²) in [6, 6.07) is 0. The molecular weight excluding hydrogens is 222 g/mol. The number of rotatable bonds is 5. The Bertz CT molecular complexity index is 190. The molecule has 15 heavy (non-hydrogen) atoms. The number of aliphatic hydroxyl groups excluding tert-OH is 5. The molecule has 1 saturated heterocycles. The molecule has 5 atom stereocenters. The number of thioether (sulfide) groups is 1. The molecule has 0 aromatic heterocycles. The number of aliphatic hydroxyl groups is 5. The zero-order chi connectivity index (χ0) is 11.4. The highest BCUT2D eigenvalue weighted by Gasteiger charge is 2.38. The van der Waals surface area contributed by atoms with Crippen LogP contribution < -0.4 is 5.32 Å². The van der Waals surface area contributed by atoms with Gasteiger partial charge in [0.05, 0.1) is 13.2 Å². The monoisotopic (exact) mass is 240 g/mol. The third-order valence-corrected chi connectivity index (χ3v) is 3.77. The SMILES string of the molecule is OCC(O)C(O)C(O)C(O)C1[NH2+]CCS1. The Balaban J connectivity index is 2.46. The van der Waals surface area contributed by atoms with Crippen molar-refractivity contribution in [2.24, 2.45) is 0 Å². The van der Waals surface area contributed by atoms with E-state index in [1.54, 1.807) is 0 Å². The first-order valence-corrected chi connectivity index (χ1v) is 5.91. The summed E-state index contributed by atoms with van der Waals surface area (Å²) in [4.78, 5) is 0. The van der Waals surface area contributed by atoms with Crippen LogP contribution in [-0.2, 0) is 0 Å². The Kier molecular flexibility index (Phi) is 5.27. The number of hydrogen-bond acceptors (Lipinski definition) is 6. The molecule has 1 aliphatic heterocycles. The van der Waals surface area contributed by atoms with Crippen LogP contribution in [0.25, 0.3) is 0 Å². The molecule has 0 saturated carbocycles. The molecule has 5 unspecified atom stereocenters. The van der Waals surface area contributed by atoms with Crippen molar-refractivity contribution in [1.29, 1.82) is 0 Å². The Hall–Kier alpha value is 0.110. The molecule has 0 radical (unpaired) electrons.